The molecule has 2 heterocycles. The van der Waals surface area contributed by atoms with Gasteiger partial charge in [0.05, 0.1) is 11.8 Å². The molecule has 0 bridgehead atoms. The maximum atomic E-state index is 12.9. The van der Waals surface area contributed by atoms with E-state index in [0.717, 1.165) is 91.1 Å². The van der Waals surface area contributed by atoms with Crippen molar-refractivity contribution < 1.29 is 9.59 Å². The molecule has 6 nitrogen and oxygen atoms in total. The molecule has 2 atom stereocenters. The Morgan fingerprint density at radius 1 is 0.625 bits per heavy atom. The Hall–Kier alpha value is -2.70. The van der Waals surface area contributed by atoms with E-state index in [-0.39, 0.29) is 11.8 Å². The molecule has 0 N–H and O–H groups in total. The first kappa shape index (κ1) is 30.3. The molecule has 218 valence electrons. The molecule has 2 fully saturated rings. The third-order valence-corrected chi connectivity index (χ3v) is 8.91. The number of piperidine rings is 2. The molecule has 0 saturated carbocycles. The molecular weight excluding hydrogens is 496 g/mol. The smallest absolute Gasteiger partial charge is 0.226 e. The highest BCUT2D eigenvalue weighted by Crippen LogP contribution is 2.25. The van der Waals surface area contributed by atoms with Gasteiger partial charge in [0, 0.05) is 52.4 Å². The van der Waals surface area contributed by atoms with Crippen molar-refractivity contribution in [2.75, 3.05) is 52.4 Å². The van der Waals surface area contributed by atoms with Crippen molar-refractivity contribution in [3.05, 3.63) is 59.7 Å². The minimum Gasteiger partial charge on any atom is -0.343 e. The molecule has 2 saturated heterocycles. The van der Waals surface area contributed by atoms with Gasteiger partial charge in [0.2, 0.25) is 11.8 Å². The van der Waals surface area contributed by atoms with Crippen molar-refractivity contribution in [1.29, 1.82) is 0 Å². The van der Waals surface area contributed by atoms with E-state index < -0.39 is 0 Å². The summed E-state index contributed by atoms with van der Waals surface area (Å²) in [4.78, 5) is 34.6. The van der Waals surface area contributed by atoms with E-state index in [1.807, 2.05) is 9.80 Å². The number of carbonyl (C=O) groups is 2. The number of likely N-dealkylation sites (tertiary alicyclic amines) is 2. The van der Waals surface area contributed by atoms with Crippen LogP contribution in [0, 0.1) is 11.8 Å². The van der Waals surface area contributed by atoms with Crippen molar-refractivity contribution in [2.24, 2.45) is 11.8 Å². The number of rotatable bonds is 11. The highest BCUT2D eigenvalue weighted by atomic mass is 16.2. The fourth-order valence-corrected chi connectivity index (χ4v) is 6.51. The van der Waals surface area contributed by atoms with E-state index in [0.29, 0.717) is 11.8 Å². The Labute approximate surface area is 242 Å². The van der Waals surface area contributed by atoms with Crippen LogP contribution in [-0.2, 0) is 22.7 Å². The molecule has 0 radical (unpaired) electrons. The van der Waals surface area contributed by atoms with Crippen LogP contribution in [0.3, 0.4) is 0 Å². The summed E-state index contributed by atoms with van der Waals surface area (Å²) in [5, 5.41) is 0. The third-order valence-electron chi connectivity index (χ3n) is 8.91. The zero-order valence-corrected chi connectivity index (χ0v) is 25.3. The van der Waals surface area contributed by atoms with Crippen LogP contribution in [0.15, 0.2) is 48.5 Å². The van der Waals surface area contributed by atoms with Gasteiger partial charge in [0.15, 0.2) is 0 Å². The molecule has 0 aromatic heterocycles. The van der Waals surface area contributed by atoms with Crippen molar-refractivity contribution in [3.8, 4) is 11.1 Å². The van der Waals surface area contributed by atoms with E-state index in [4.69, 9.17) is 0 Å². The molecule has 2 unspecified atom stereocenters. The molecule has 2 aliphatic heterocycles. The van der Waals surface area contributed by atoms with Crippen molar-refractivity contribution in [3.63, 3.8) is 0 Å². The normalized spacial score (nSPS) is 20.3. The van der Waals surface area contributed by atoms with Gasteiger partial charge in [0.25, 0.3) is 0 Å². The van der Waals surface area contributed by atoms with E-state index >= 15 is 0 Å². The summed E-state index contributed by atoms with van der Waals surface area (Å²) >= 11 is 0. The minimum absolute atomic E-state index is 0.130. The second-order valence-electron chi connectivity index (χ2n) is 11.6. The fourth-order valence-electron chi connectivity index (χ4n) is 6.51. The van der Waals surface area contributed by atoms with Crippen LogP contribution < -0.4 is 0 Å². The quantitative estimate of drug-likeness (QED) is 0.373. The first-order chi connectivity index (χ1) is 19.4. The summed E-state index contributed by atoms with van der Waals surface area (Å²) in [5.74, 6) is 0.902. The zero-order chi connectivity index (χ0) is 28.5. The van der Waals surface area contributed by atoms with Crippen LogP contribution in [0.25, 0.3) is 11.1 Å². The average molecular weight is 547 g/mol. The Morgan fingerprint density at radius 2 is 0.975 bits per heavy atom. The zero-order valence-electron chi connectivity index (χ0n) is 25.3. The summed E-state index contributed by atoms with van der Waals surface area (Å²) < 4.78 is 0. The van der Waals surface area contributed by atoms with Crippen LogP contribution >= 0.6 is 0 Å². The van der Waals surface area contributed by atoms with Gasteiger partial charge in [-0.1, -0.05) is 48.5 Å². The van der Waals surface area contributed by atoms with Crippen LogP contribution in [-0.4, -0.2) is 83.8 Å². The van der Waals surface area contributed by atoms with Gasteiger partial charge < -0.3 is 9.80 Å². The summed E-state index contributed by atoms with van der Waals surface area (Å²) in [6, 6.07) is 17.8. The molecule has 2 aliphatic rings. The van der Waals surface area contributed by atoms with E-state index in [9.17, 15) is 9.59 Å². The summed E-state index contributed by atoms with van der Waals surface area (Å²) in [7, 11) is 0. The lowest BCUT2D eigenvalue weighted by molar-refractivity contribution is -0.137. The number of hydrogen-bond acceptors (Lipinski definition) is 4. The van der Waals surface area contributed by atoms with Gasteiger partial charge in [0.1, 0.15) is 0 Å². The van der Waals surface area contributed by atoms with Gasteiger partial charge in [-0.2, -0.15) is 0 Å². The lowest BCUT2D eigenvalue weighted by Crippen LogP contribution is -2.44. The van der Waals surface area contributed by atoms with Gasteiger partial charge in [-0.15, -0.1) is 0 Å². The maximum absolute atomic E-state index is 12.9. The number of carbonyl (C=O) groups excluding carboxylic acids is 2. The Morgan fingerprint density at radius 3 is 1.30 bits per heavy atom. The van der Waals surface area contributed by atoms with Crippen molar-refractivity contribution in [1.82, 2.24) is 19.6 Å². The molecule has 2 amide bonds. The van der Waals surface area contributed by atoms with Crippen molar-refractivity contribution in [2.45, 2.75) is 66.5 Å². The van der Waals surface area contributed by atoms with Crippen molar-refractivity contribution >= 4 is 11.8 Å². The molecule has 0 aliphatic carbocycles. The first-order valence-corrected chi connectivity index (χ1v) is 15.7. The predicted octanol–water partition coefficient (Wildman–Crippen LogP) is 5.51. The lowest BCUT2D eigenvalue weighted by Gasteiger charge is -2.34. The Kier molecular flexibility index (Phi) is 11.2. The summed E-state index contributed by atoms with van der Waals surface area (Å²) in [6.45, 7) is 17.1. The Bertz CT molecular complexity index is 989. The standard InChI is InChI=1S/C34H50N4O2/c1-5-37(6-2)33(39)31-11-9-21-35(25-31)23-27-13-17-29(18-14-27)30-19-15-28(16-20-30)24-36-22-10-12-32(26-36)34(40)38(7-3)8-4/h13-20,31-32H,5-12,21-26H2,1-4H3. The largest absolute Gasteiger partial charge is 0.343 e. The first-order valence-electron chi connectivity index (χ1n) is 15.7. The lowest BCUT2D eigenvalue weighted by atomic mass is 9.95. The molecular formula is C34H50N4O2. The topological polar surface area (TPSA) is 47.1 Å². The summed E-state index contributed by atoms with van der Waals surface area (Å²) in [6.07, 6.45) is 4.19. The molecule has 2 aromatic carbocycles. The van der Waals surface area contributed by atoms with Gasteiger partial charge >= 0.3 is 0 Å². The van der Waals surface area contributed by atoms with Gasteiger partial charge in [-0.3, -0.25) is 19.4 Å². The van der Waals surface area contributed by atoms with E-state index in [1.165, 1.54) is 22.3 Å². The van der Waals surface area contributed by atoms with E-state index in [1.54, 1.807) is 0 Å². The second-order valence-corrected chi connectivity index (χ2v) is 11.6. The predicted molar refractivity (Wildman–Crippen MR) is 164 cm³/mol. The monoisotopic (exact) mass is 546 g/mol. The maximum Gasteiger partial charge on any atom is 0.226 e. The number of nitrogens with zero attached hydrogens (tertiary/aromatic N) is 4. The average Bonchev–Trinajstić information content (AvgIpc) is 2.99. The van der Waals surface area contributed by atoms with Crippen LogP contribution in [0.5, 0.6) is 0 Å². The van der Waals surface area contributed by atoms with Crippen LogP contribution in [0.1, 0.15) is 64.5 Å². The van der Waals surface area contributed by atoms with E-state index in [2.05, 4.69) is 86.0 Å². The number of benzene rings is 2. The fraction of sp³-hybridized carbons (Fsp3) is 0.588. The highest BCUT2D eigenvalue weighted by Gasteiger charge is 2.29. The highest BCUT2D eigenvalue weighted by molar-refractivity contribution is 5.79. The van der Waals surface area contributed by atoms with Crippen LogP contribution in [0.2, 0.25) is 0 Å². The molecule has 0 spiro atoms. The number of hydrogen-bond donors (Lipinski definition) is 0. The number of amides is 2. The molecule has 40 heavy (non-hydrogen) atoms. The molecule has 2 aromatic rings. The van der Waals surface area contributed by atoms with Gasteiger partial charge in [-0.25, -0.2) is 0 Å². The third kappa shape index (κ3) is 7.73. The minimum atomic E-state index is 0.130. The Balaban J connectivity index is 1.30. The molecule has 4 rings (SSSR count). The van der Waals surface area contributed by atoms with Gasteiger partial charge in [-0.05, 0) is 88.7 Å². The molecule has 6 heteroatoms. The second kappa shape index (κ2) is 14.8. The van der Waals surface area contributed by atoms with Crippen LogP contribution in [0.4, 0.5) is 0 Å². The SMILES string of the molecule is CCN(CC)C(=O)C1CCCN(Cc2ccc(-c3ccc(CN4CCCC(C(=O)N(CC)CC)C4)cc3)cc2)C1. The summed E-state index contributed by atoms with van der Waals surface area (Å²) in [5.41, 5.74) is 5.06.